The first-order chi connectivity index (χ1) is 16.5. The molecule has 5 rings (SSSR count). The third-order valence-corrected chi connectivity index (χ3v) is 7.79. The summed E-state index contributed by atoms with van der Waals surface area (Å²) < 4.78 is 46.9. The summed E-state index contributed by atoms with van der Waals surface area (Å²) in [5.74, 6) is -2.66. The topological polar surface area (TPSA) is 88.9 Å². The summed E-state index contributed by atoms with van der Waals surface area (Å²) in [6.45, 7) is 10.1. The number of ether oxygens (including phenoxy) is 1. The first-order valence-electron chi connectivity index (χ1n) is 11.8. The molecule has 4 aliphatic rings. The molecule has 0 spiro atoms. The van der Waals surface area contributed by atoms with Crippen LogP contribution in [0.1, 0.15) is 25.0 Å². The van der Waals surface area contributed by atoms with E-state index < -0.39 is 52.2 Å². The lowest BCUT2D eigenvalue weighted by atomic mass is 9.79. The van der Waals surface area contributed by atoms with E-state index in [1.165, 1.54) is 12.1 Å². The number of imide groups is 1. The van der Waals surface area contributed by atoms with Crippen LogP contribution >= 0.6 is 0 Å². The molecule has 4 fully saturated rings. The molecular weight excluding hydrogens is 463 g/mol. The zero-order valence-corrected chi connectivity index (χ0v) is 19.7. The molecule has 1 aromatic carbocycles. The Morgan fingerprint density at radius 3 is 2.17 bits per heavy atom. The van der Waals surface area contributed by atoms with Gasteiger partial charge in [0.05, 0.1) is 45.9 Å². The quantitative estimate of drug-likeness (QED) is 0.638. The van der Waals surface area contributed by atoms with Crippen molar-refractivity contribution in [3.8, 4) is 6.07 Å². The second-order valence-corrected chi connectivity index (χ2v) is 10.3. The molecule has 2 amide bonds. The molecule has 8 nitrogen and oxygen atoms in total. The Labute approximate surface area is 201 Å². The first kappa shape index (κ1) is 24.2. The largest absolute Gasteiger partial charge is 0.417 e. The highest BCUT2D eigenvalue weighted by molar-refractivity contribution is 6.23. The summed E-state index contributed by atoms with van der Waals surface area (Å²) in [6, 6.07) is 4.48. The minimum atomic E-state index is -4.79. The van der Waals surface area contributed by atoms with Gasteiger partial charge in [0.25, 0.3) is 0 Å². The number of fused-ring (bicyclic) bond motifs is 5. The molecule has 4 aliphatic heterocycles. The van der Waals surface area contributed by atoms with E-state index in [0.717, 1.165) is 56.3 Å². The van der Waals surface area contributed by atoms with E-state index in [-0.39, 0.29) is 5.69 Å². The summed E-state index contributed by atoms with van der Waals surface area (Å²) in [5, 5.41) is 12.4. The van der Waals surface area contributed by atoms with Crippen molar-refractivity contribution in [3.05, 3.63) is 29.3 Å². The monoisotopic (exact) mass is 491 g/mol. The minimum Gasteiger partial charge on any atom is -0.365 e. The van der Waals surface area contributed by atoms with E-state index in [1.807, 2.05) is 13.8 Å². The molecule has 1 N–H and O–H groups in total. The molecule has 1 aromatic rings. The third-order valence-electron chi connectivity index (χ3n) is 7.79. The van der Waals surface area contributed by atoms with E-state index in [9.17, 15) is 22.8 Å². The molecule has 4 atom stereocenters. The van der Waals surface area contributed by atoms with Crippen LogP contribution in [0.25, 0.3) is 0 Å². The maximum atomic E-state index is 13.6. The zero-order chi connectivity index (χ0) is 25.2. The lowest BCUT2D eigenvalue weighted by Crippen LogP contribution is -2.59. The van der Waals surface area contributed by atoms with E-state index in [1.54, 1.807) is 0 Å². The molecule has 11 heteroatoms. The molecule has 2 unspecified atom stereocenters. The van der Waals surface area contributed by atoms with Crippen molar-refractivity contribution in [2.45, 2.75) is 31.2 Å². The highest BCUT2D eigenvalue weighted by Crippen LogP contribution is 2.55. The van der Waals surface area contributed by atoms with Crippen molar-refractivity contribution in [1.29, 1.82) is 5.26 Å². The van der Waals surface area contributed by atoms with Crippen molar-refractivity contribution >= 4 is 17.5 Å². The minimum absolute atomic E-state index is 0.165. The van der Waals surface area contributed by atoms with Crippen molar-refractivity contribution < 1.29 is 27.5 Å². The number of nitriles is 1. The second kappa shape index (κ2) is 8.27. The number of hydrogen-bond acceptors (Lipinski definition) is 7. The summed E-state index contributed by atoms with van der Waals surface area (Å²) in [4.78, 5) is 32.6. The average molecular weight is 492 g/mol. The first-order valence-corrected chi connectivity index (χ1v) is 11.8. The maximum absolute atomic E-state index is 13.6. The fourth-order valence-electron chi connectivity index (χ4n) is 6.40. The van der Waals surface area contributed by atoms with Gasteiger partial charge in [0.1, 0.15) is 0 Å². The van der Waals surface area contributed by atoms with Crippen LogP contribution in [0.4, 0.5) is 18.9 Å². The molecule has 0 saturated carbocycles. The normalized spacial score (nSPS) is 33.8. The van der Waals surface area contributed by atoms with Gasteiger partial charge in [-0.15, -0.1) is 0 Å². The van der Waals surface area contributed by atoms with E-state index in [0.29, 0.717) is 13.1 Å². The van der Waals surface area contributed by atoms with Gasteiger partial charge < -0.3 is 10.1 Å². The number of piperazine rings is 1. The van der Waals surface area contributed by atoms with Crippen LogP contribution in [0.2, 0.25) is 0 Å². The molecule has 4 heterocycles. The van der Waals surface area contributed by atoms with Gasteiger partial charge in [-0.05, 0) is 32.0 Å². The Morgan fingerprint density at radius 2 is 1.63 bits per heavy atom. The van der Waals surface area contributed by atoms with Crippen LogP contribution in [0.5, 0.6) is 0 Å². The number of likely N-dealkylation sites (tertiary alicyclic amines) is 1. The van der Waals surface area contributed by atoms with Crippen molar-refractivity contribution in [3.63, 3.8) is 0 Å². The molecular formula is C24H28F3N5O3. The smallest absolute Gasteiger partial charge is 0.365 e. The van der Waals surface area contributed by atoms with Gasteiger partial charge in [0, 0.05) is 52.4 Å². The van der Waals surface area contributed by atoms with Gasteiger partial charge in [0.2, 0.25) is 11.8 Å². The molecule has 0 aliphatic carbocycles. The molecule has 35 heavy (non-hydrogen) atoms. The standard InChI is InChI=1S/C24H28F3N5O3/c1-22-13-31(10-9-30-7-5-29-6-8-30)14-23(2,35-22)19-18(22)20(33)32(21(19)34)16-4-3-15(12-28)17(11-16)24(25,26)27/h3-4,11,18-19,29H,5-10,13-14H2,1-2H3/t18-,19+,22?,23?. The summed E-state index contributed by atoms with van der Waals surface area (Å²) in [7, 11) is 0. The van der Waals surface area contributed by atoms with Gasteiger partial charge in [-0.3, -0.25) is 19.4 Å². The number of halogens is 3. The molecule has 0 aromatic heterocycles. The fourth-order valence-corrected chi connectivity index (χ4v) is 6.40. The summed E-state index contributed by atoms with van der Waals surface area (Å²) in [6.07, 6.45) is -4.79. The number of nitrogens with zero attached hydrogens (tertiary/aromatic N) is 4. The highest BCUT2D eigenvalue weighted by atomic mass is 19.4. The van der Waals surface area contributed by atoms with Crippen molar-refractivity contribution in [2.75, 3.05) is 57.3 Å². The number of carbonyl (C=O) groups excluding carboxylic acids is 2. The molecule has 2 bridgehead atoms. The number of morpholine rings is 1. The number of amides is 2. The van der Waals surface area contributed by atoms with Gasteiger partial charge in [0.15, 0.2) is 0 Å². The van der Waals surface area contributed by atoms with E-state index >= 15 is 0 Å². The van der Waals surface area contributed by atoms with Crippen molar-refractivity contribution in [2.24, 2.45) is 11.8 Å². The lowest BCUT2D eigenvalue weighted by molar-refractivity contribution is -0.169. The summed E-state index contributed by atoms with van der Waals surface area (Å²) in [5.41, 5.74) is -3.74. The van der Waals surface area contributed by atoms with Crippen LogP contribution in [-0.4, -0.2) is 85.2 Å². The third kappa shape index (κ3) is 3.93. The predicted octanol–water partition coefficient (Wildman–Crippen LogP) is 1.45. The van der Waals surface area contributed by atoms with Crippen LogP contribution in [0.3, 0.4) is 0 Å². The number of hydrogen-bond donors (Lipinski definition) is 1. The number of nitrogens with one attached hydrogen (secondary N) is 1. The number of anilines is 1. The zero-order valence-electron chi connectivity index (χ0n) is 19.7. The molecule has 0 radical (unpaired) electrons. The predicted molar refractivity (Wildman–Crippen MR) is 119 cm³/mol. The van der Waals surface area contributed by atoms with Gasteiger partial charge in [-0.25, -0.2) is 4.90 Å². The van der Waals surface area contributed by atoms with Crippen LogP contribution < -0.4 is 10.2 Å². The fraction of sp³-hybridized carbons (Fsp3) is 0.625. The Kier molecular flexibility index (Phi) is 5.71. The highest BCUT2D eigenvalue weighted by Gasteiger charge is 2.71. The average Bonchev–Trinajstić information content (AvgIpc) is 3.17. The van der Waals surface area contributed by atoms with Crippen LogP contribution in [0, 0.1) is 23.2 Å². The maximum Gasteiger partial charge on any atom is 0.417 e. The SMILES string of the molecule is CC12CN(CCN3CCNCC3)CC(C)(O1)[C@H]1C(=O)N(c3ccc(C#N)c(C(F)(F)F)c3)C(=O)[C@H]12. The van der Waals surface area contributed by atoms with Gasteiger partial charge >= 0.3 is 6.18 Å². The number of carbonyl (C=O) groups is 2. The van der Waals surface area contributed by atoms with E-state index in [2.05, 4.69) is 15.1 Å². The molecule has 188 valence electrons. The number of benzene rings is 1. The summed E-state index contributed by atoms with van der Waals surface area (Å²) >= 11 is 0. The lowest BCUT2D eigenvalue weighted by Gasteiger charge is -2.45. The van der Waals surface area contributed by atoms with E-state index in [4.69, 9.17) is 10.00 Å². The Hall–Kier alpha value is -2.52. The number of rotatable bonds is 4. The van der Waals surface area contributed by atoms with Crippen molar-refractivity contribution in [1.82, 2.24) is 15.1 Å². The van der Waals surface area contributed by atoms with Crippen LogP contribution in [-0.2, 0) is 20.5 Å². The Balaban J connectivity index is 1.41. The molecule has 4 saturated heterocycles. The second-order valence-electron chi connectivity index (χ2n) is 10.3. The van der Waals surface area contributed by atoms with Crippen LogP contribution in [0.15, 0.2) is 18.2 Å². The Morgan fingerprint density at radius 1 is 1.06 bits per heavy atom. The van der Waals surface area contributed by atoms with Gasteiger partial charge in [-0.2, -0.15) is 18.4 Å². The van der Waals surface area contributed by atoms with Gasteiger partial charge in [-0.1, -0.05) is 0 Å². The Bertz CT molecular complexity index is 1060. The number of alkyl halides is 3.